The van der Waals surface area contributed by atoms with Gasteiger partial charge in [-0.25, -0.2) is 0 Å². The van der Waals surface area contributed by atoms with Gasteiger partial charge in [-0.05, 0) is 44.2 Å². The number of allylic oxidation sites excluding steroid dienone is 1. The van der Waals surface area contributed by atoms with E-state index in [2.05, 4.69) is 9.88 Å². The van der Waals surface area contributed by atoms with Gasteiger partial charge in [-0.1, -0.05) is 0 Å². The van der Waals surface area contributed by atoms with Crippen LogP contribution in [-0.2, 0) is 4.84 Å². The standard InChI is InChI=1S/C20H22N4O4/c1-14-7-8-24(28-14)20-21-18(13-27-20)19(26)23-11-9-22(10-12-23)17-5-3-16(4-6-17)15(2)25/h3-7,13H,8-12H2,1-2H3. The molecule has 0 atom stereocenters. The number of aromatic nitrogens is 1. The number of anilines is 2. The normalized spacial score (nSPS) is 16.8. The highest BCUT2D eigenvalue weighted by Crippen LogP contribution is 2.22. The summed E-state index contributed by atoms with van der Waals surface area (Å²) in [7, 11) is 0. The quantitative estimate of drug-likeness (QED) is 0.752. The third-order valence-electron chi connectivity index (χ3n) is 4.93. The zero-order valence-corrected chi connectivity index (χ0v) is 15.9. The number of hydrogen-bond donors (Lipinski definition) is 0. The van der Waals surface area contributed by atoms with E-state index < -0.39 is 0 Å². The fourth-order valence-electron chi connectivity index (χ4n) is 3.29. The highest BCUT2D eigenvalue weighted by atomic mass is 16.7. The van der Waals surface area contributed by atoms with Gasteiger partial charge in [-0.15, -0.1) is 0 Å². The van der Waals surface area contributed by atoms with Crippen LogP contribution in [0.2, 0.25) is 0 Å². The van der Waals surface area contributed by atoms with Gasteiger partial charge < -0.3 is 19.1 Å². The second kappa shape index (κ2) is 7.38. The van der Waals surface area contributed by atoms with Crippen molar-refractivity contribution in [1.29, 1.82) is 0 Å². The molecular weight excluding hydrogens is 360 g/mol. The van der Waals surface area contributed by atoms with Gasteiger partial charge in [-0.3, -0.25) is 9.59 Å². The van der Waals surface area contributed by atoms with Gasteiger partial charge >= 0.3 is 6.01 Å². The van der Waals surface area contributed by atoms with Crippen molar-refractivity contribution in [3.05, 3.63) is 53.6 Å². The Morgan fingerprint density at radius 1 is 1.07 bits per heavy atom. The molecule has 0 radical (unpaired) electrons. The summed E-state index contributed by atoms with van der Waals surface area (Å²) in [6.45, 7) is 6.57. The number of hydrogen-bond acceptors (Lipinski definition) is 7. The Morgan fingerprint density at radius 3 is 2.39 bits per heavy atom. The van der Waals surface area contributed by atoms with Crippen LogP contribution in [0, 0.1) is 0 Å². The lowest BCUT2D eigenvalue weighted by molar-refractivity contribution is 0.0740. The first kappa shape index (κ1) is 18.1. The maximum Gasteiger partial charge on any atom is 0.332 e. The highest BCUT2D eigenvalue weighted by molar-refractivity contribution is 5.94. The molecular formula is C20H22N4O4. The van der Waals surface area contributed by atoms with Gasteiger partial charge in [0, 0.05) is 37.4 Å². The second-order valence-electron chi connectivity index (χ2n) is 6.86. The van der Waals surface area contributed by atoms with Crippen LogP contribution in [0.5, 0.6) is 0 Å². The minimum Gasteiger partial charge on any atom is -0.429 e. The molecule has 0 unspecified atom stereocenters. The number of benzene rings is 1. The van der Waals surface area contributed by atoms with E-state index in [0.717, 1.165) is 11.4 Å². The number of oxazole rings is 1. The molecule has 3 heterocycles. The summed E-state index contributed by atoms with van der Waals surface area (Å²) in [6, 6.07) is 7.85. The number of ketones is 1. The first-order valence-electron chi connectivity index (χ1n) is 9.24. The summed E-state index contributed by atoms with van der Waals surface area (Å²) in [4.78, 5) is 37.8. The number of amides is 1. The third kappa shape index (κ3) is 3.58. The largest absolute Gasteiger partial charge is 0.429 e. The molecule has 2 aromatic rings. The van der Waals surface area contributed by atoms with Crippen LogP contribution in [0.1, 0.15) is 34.7 Å². The summed E-state index contributed by atoms with van der Waals surface area (Å²) in [5.74, 6) is 0.684. The minimum atomic E-state index is -0.148. The van der Waals surface area contributed by atoms with Crippen molar-refractivity contribution >= 4 is 23.4 Å². The highest BCUT2D eigenvalue weighted by Gasteiger charge is 2.26. The summed E-state index contributed by atoms with van der Waals surface area (Å²) in [5.41, 5.74) is 2.03. The Hall–Kier alpha value is -3.29. The van der Waals surface area contributed by atoms with Crippen LogP contribution >= 0.6 is 0 Å². The van der Waals surface area contributed by atoms with Crippen molar-refractivity contribution < 1.29 is 18.8 Å². The van der Waals surface area contributed by atoms with E-state index in [4.69, 9.17) is 9.25 Å². The smallest absolute Gasteiger partial charge is 0.332 e. The van der Waals surface area contributed by atoms with Crippen LogP contribution in [-0.4, -0.2) is 54.3 Å². The molecule has 4 rings (SSSR count). The van der Waals surface area contributed by atoms with Gasteiger partial charge in [0.15, 0.2) is 11.5 Å². The van der Waals surface area contributed by atoms with Gasteiger partial charge in [0.25, 0.3) is 5.91 Å². The monoisotopic (exact) mass is 382 g/mol. The number of Topliss-reactive ketones (excluding diaryl/α,β-unsaturated/α-hetero) is 1. The molecule has 8 heteroatoms. The fourth-order valence-corrected chi connectivity index (χ4v) is 3.29. The molecule has 1 fully saturated rings. The predicted octanol–water partition coefficient (Wildman–Crippen LogP) is 2.50. The molecule has 0 N–H and O–H groups in total. The van der Waals surface area contributed by atoms with Gasteiger partial charge in [0.05, 0.1) is 6.54 Å². The van der Waals surface area contributed by atoms with Gasteiger partial charge in [-0.2, -0.15) is 10.0 Å². The van der Waals surface area contributed by atoms with Crippen molar-refractivity contribution in [2.45, 2.75) is 13.8 Å². The predicted molar refractivity (Wildman–Crippen MR) is 103 cm³/mol. The van der Waals surface area contributed by atoms with E-state index in [9.17, 15) is 9.59 Å². The number of nitrogens with zero attached hydrogens (tertiary/aromatic N) is 4. The summed E-state index contributed by atoms with van der Waals surface area (Å²) >= 11 is 0. The average molecular weight is 382 g/mol. The van der Waals surface area contributed by atoms with Crippen LogP contribution in [0.3, 0.4) is 0 Å². The molecule has 0 bridgehead atoms. The molecule has 1 aromatic heterocycles. The van der Waals surface area contributed by atoms with E-state index in [1.165, 1.54) is 11.3 Å². The van der Waals surface area contributed by atoms with Gasteiger partial charge in [0.2, 0.25) is 0 Å². The van der Waals surface area contributed by atoms with Crippen molar-refractivity contribution in [3.63, 3.8) is 0 Å². The molecule has 2 aliphatic rings. The number of carbonyl (C=O) groups excluding carboxylic acids is 2. The molecule has 8 nitrogen and oxygen atoms in total. The van der Waals surface area contributed by atoms with E-state index in [0.29, 0.717) is 38.3 Å². The maximum absolute atomic E-state index is 12.7. The fraction of sp³-hybridized carbons (Fsp3) is 0.350. The molecule has 28 heavy (non-hydrogen) atoms. The molecule has 0 saturated carbocycles. The first-order valence-corrected chi connectivity index (χ1v) is 9.24. The molecule has 146 valence electrons. The average Bonchev–Trinajstić information content (AvgIpc) is 3.37. The summed E-state index contributed by atoms with van der Waals surface area (Å²) < 4.78 is 5.40. The van der Waals surface area contributed by atoms with Crippen LogP contribution in [0.15, 0.2) is 46.8 Å². The lowest BCUT2D eigenvalue weighted by Gasteiger charge is -2.35. The van der Waals surface area contributed by atoms with Crippen LogP contribution in [0.4, 0.5) is 11.7 Å². The van der Waals surface area contributed by atoms with E-state index in [1.807, 2.05) is 37.3 Å². The molecule has 1 aromatic carbocycles. The van der Waals surface area contributed by atoms with Crippen molar-refractivity contribution in [2.75, 3.05) is 42.7 Å². The number of piperazine rings is 1. The zero-order chi connectivity index (χ0) is 19.7. The number of carbonyl (C=O) groups is 2. The second-order valence-corrected chi connectivity index (χ2v) is 6.86. The first-order chi connectivity index (χ1) is 13.5. The van der Waals surface area contributed by atoms with E-state index in [1.54, 1.807) is 11.8 Å². The summed E-state index contributed by atoms with van der Waals surface area (Å²) in [6.07, 6.45) is 3.29. The summed E-state index contributed by atoms with van der Waals surface area (Å²) in [5, 5.41) is 1.51. The Labute approximate surface area is 162 Å². The Bertz CT molecular complexity index is 911. The van der Waals surface area contributed by atoms with E-state index >= 15 is 0 Å². The van der Waals surface area contributed by atoms with Crippen molar-refractivity contribution in [1.82, 2.24) is 9.88 Å². The zero-order valence-electron chi connectivity index (χ0n) is 15.9. The minimum absolute atomic E-state index is 0.0548. The van der Waals surface area contributed by atoms with Crippen LogP contribution < -0.4 is 9.96 Å². The van der Waals surface area contributed by atoms with Gasteiger partial charge in [0.1, 0.15) is 12.0 Å². The number of rotatable bonds is 4. The van der Waals surface area contributed by atoms with Crippen molar-refractivity contribution in [2.24, 2.45) is 0 Å². The lowest BCUT2D eigenvalue weighted by atomic mass is 10.1. The Morgan fingerprint density at radius 2 is 1.79 bits per heavy atom. The molecule has 1 saturated heterocycles. The van der Waals surface area contributed by atoms with Crippen LogP contribution in [0.25, 0.3) is 0 Å². The molecule has 0 aliphatic carbocycles. The molecule has 2 aliphatic heterocycles. The Balaban J connectivity index is 1.35. The van der Waals surface area contributed by atoms with Crippen molar-refractivity contribution in [3.8, 4) is 0 Å². The SMILES string of the molecule is CC(=O)c1ccc(N2CCN(C(=O)c3coc(N4CC=C(C)O4)n3)CC2)cc1. The van der Waals surface area contributed by atoms with E-state index in [-0.39, 0.29) is 23.4 Å². The lowest BCUT2D eigenvalue weighted by Crippen LogP contribution is -2.48. The Kier molecular flexibility index (Phi) is 4.77. The maximum atomic E-state index is 12.7. The molecule has 1 amide bonds. The topological polar surface area (TPSA) is 79.1 Å². The number of hydroxylamine groups is 1. The third-order valence-corrected chi connectivity index (χ3v) is 4.93. The molecule has 0 spiro atoms.